The molecule has 1 N–H and O–H groups in total. The van der Waals surface area contributed by atoms with Gasteiger partial charge in [0.15, 0.2) is 9.84 Å². The molecule has 0 aliphatic heterocycles. The summed E-state index contributed by atoms with van der Waals surface area (Å²) in [4.78, 5) is 0.249. The SMILES string of the molecule is CS(=O)(=O)c1ccc(OCCNc2ccccc2F)cc1. The van der Waals surface area contributed by atoms with Crippen LogP contribution in [0.2, 0.25) is 0 Å². The first kappa shape index (κ1) is 15.3. The molecule has 112 valence electrons. The molecule has 0 aliphatic rings. The lowest BCUT2D eigenvalue weighted by Gasteiger charge is -2.09. The average molecular weight is 309 g/mol. The number of anilines is 1. The third kappa shape index (κ3) is 4.46. The van der Waals surface area contributed by atoms with Gasteiger partial charge in [0.05, 0.1) is 10.6 Å². The van der Waals surface area contributed by atoms with Gasteiger partial charge >= 0.3 is 0 Å². The van der Waals surface area contributed by atoms with E-state index in [-0.39, 0.29) is 10.7 Å². The maximum absolute atomic E-state index is 13.3. The summed E-state index contributed by atoms with van der Waals surface area (Å²) in [5.41, 5.74) is 0.425. The topological polar surface area (TPSA) is 55.4 Å². The second kappa shape index (κ2) is 6.58. The van der Waals surface area contributed by atoms with Crippen molar-refractivity contribution in [3.8, 4) is 5.75 Å². The van der Waals surface area contributed by atoms with Crippen LogP contribution in [-0.2, 0) is 9.84 Å². The highest BCUT2D eigenvalue weighted by molar-refractivity contribution is 7.90. The van der Waals surface area contributed by atoms with Crippen LogP contribution in [0, 0.1) is 5.82 Å². The third-order valence-electron chi connectivity index (χ3n) is 2.81. The highest BCUT2D eigenvalue weighted by Gasteiger charge is 2.06. The summed E-state index contributed by atoms with van der Waals surface area (Å²) in [6, 6.07) is 12.6. The molecular formula is C15H16FNO3S. The molecule has 0 saturated carbocycles. The summed E-state index contributed by atoms with van der Waals surface area (Å²) < 4.78 is 41.4. The van der Waals surface area contributed by atoms with E-state index in [1.807, 2.05) is 0 Å². The lowest BCUT2D eigenvalue weighted by molar-refractivity contribution is 0.332. The molecule has 0 saturated heterocycles. The van der Waals surface area contributed by atoms with Crippen molar-refractivity contribution in [3.05, 3.63) is 54.3 Å². The molecule has 4 nitrogen and oxygen atoms in total. The quantitative estimate of drug-likeness (QED) is 0.834. The number of ether oxygens (including phenoxy) is 1. The van der Waals surface area contributed by atoms with Crippen LogP contribution in [0.1, 0.15) is 0 Å². The van der Waals surface area contributed by atoms with Gasteiger partial charge in [-0.1, -0.05) is 12.1 Å². The van der Waals surface area contributed by atoms with Gasteiger partial charge < -0.3 is 10.1 Å². The van der Waals surface area contributed by atoms with E-state index >= 15 is 0 Å². The molecule has 2 aromatic carbocycles. The van der Waals surface area contributed by atoms with Crippen LogP contribution >= 0.6 is 0 Å². The first-order valence-corrected chi connectivity index (χ1v) is 8.27. The molecule has 0 spiro atoms. The van der Waals surface area contributed by atoms with Crippen LogP contribution in [0.4, 0.5) is 10.1 Å². The second-order valence-corrected chi connectivity index (χ2v) is 6.51. The average Bonchev–Trinajstić information content (AvgIpc) is 2.45. The van der Waals surface area contributed by atoms with Gasteiger partial charge in [-0.15, -0.1) is 0 Å². The van der Waals surface area contributed by atoms with E-state index in [4.69, 9.17) is 4.74 Å². The Morgan fingerprint density at radius 2 is 1.76 bits per heavy atom. The third-order valence-corrected chi connectivity index (χ3v) is 3.94. The lowest BCUT2D eigenvalue weighted by Crippen LogP contribution is -2.12. The summed E-state index contributed by atoms with van der Waals surface area (Å²) in [6.07, 6.45) is 1.15. The fraction of sp³-hybridized carbons (Fsp3) is 0.200. The van der Waals surface area contributed by atoms with Gasteiger partial charge in [0, 0.05) is 12.8 Å². The number of rotatable bonds is 6. The molecule has 0 atom stereocenters. The van der Waals surface area contributed by atoms with E-state index in [9.17, 15) is 12.8 Å². The van der Waals surface area contributed by atoms with Crippen molar-refractivity contribution >= 4 is 15.5 Å². The Kier molecular flexibility index (Phi) is 4.80. The number of benzene rings is 2. The van der Waals surface area contributed by atoms with Crippen LogP contribution in [0.3, 0.4) is 0 Å². The fourth-order valence-corrected chi connectivity index (χ4v) is 2.37. The number of nitrogens with one attached hydrogen (secondary N) is 1. The first-order valence-electron chi connectivity index (χ1n) is 6.38. The fourth-order valence-electron chi connectivity index (χ4n) is 1.74. The monoisotopic (exact) mass is 309 g/mol. The number of hydrogen-bond donors (Lipinski definition) is 1. The molecule has 0 bridgehead atoms. The van der Waals surface area contributed by atoms with E-state index in [0.29, 0.717) is 24.6 Å². The number of para-hydroxylation sites is 1. The zero-order chi connectivity index (χ0) is 15.3. The van der Waals surface area contributed by atoms with Crippen molar-refractivity contribution in [1.82, 2.24) is 0 Å². The van der Waals surface area contributed by atoms with Crippen LogP contribution in [0.15, 0.2) is 53.4 Å². The van der Waals surface area contributed by atoms with E-state index in [2.05, 4.69) is 5.32 Å². The number of sulfone groups is 1. The van der Waals surface area contributed by atoms with Gasteiger partial charge in [-0.25, -0.2) is 12.8 Å². The minimum atomic E-state index is -3.20. The Hall–Kier alpha value is -2.08. The zero-order valence-electron chi connectivity index (χ0n) is 11.5. The van der Waals surface area contributed by atoms with Crippen LogP contribution in [0.25, 0.3) is 0 Å². The minimum Gasteiger partial charge on any atom is -0.492 e. The van der Waals surface area contributed by atoms with Gasteiger partial charge in [-0.2, -0.15) is 0 Å². The molecule has 21 heavy (non-hydrogen) atoms. The number of halogens is 1. The molecule has 0 amide bonds. The Balaban J connectivity index is 1.83. The minimum absolute atomic E-state index is 0.249. The largest absolute Gasteiger partial charge is 0.492 e. The Morgan fingerprint density at radius 3 is 2.38 bits per heavy atom. The first-order chi connectivity index (χ1) is 9.97. The van der Waals surface area contributed by atoms with E-state index in [0.717, 1.165) is 6.26 Å². The Morgan fingerprint density at radius 1 is 1.10 bits per heavy atom. The molecule has 0 aliphatic carbocycles. The van der Waals surface area contributed by atoms with Crippen molar-refractivity contribution in [1.29, 1.82) is 0 Å². The maximum atomic E-state index is 13.3. The molecule has 0 radical (unpaired) electrons. The normalized spacial score (nSPS) is 11.1. The van der Waals surface area contributed by atoms with Crippen LogP contribution < -0.4 is 10.1 Å². The summed E-state index contributed by atoms with van der Waals surface area (Å²) in [5.74, 6) is 0.257. The highest BCUT2D eigenvalue weighted by atomic mass is 32.2. The van der Waals surface area contributed by atoms with Crippen molar-refractivity contribution < 1.29 is 17.5 Å². The van der Waals surface area contributed by atoms with Crippen LogP contribution in [0.5, 0.6) is 5.75 Å². The summed E-state index contributed by atoms with van der Waals surface area (Å²) in [6.45, 7) is 0.779. The van der Waals surface area contributed by atoms with Gasteiger partial charge in [0.2, 0.25) is 0 Å². The van der Waals surface area contributed by atoms with Crippen LogP contribution in [-0.4, -0.2) is 27.8 Å². The molecule has 0 heterocycles. The van der Waals surface area contributed by atoms with Crippen molar-refractivity contribution in [2.24, 2.45) is 0 Å². The molecule has 0 aromatic heterocycles. The summed E-state index contributed by atoms with van der Waals surface area (Å²) in [7, 11) is -3.20. The molecule has 0 fully saturated rings. The van der Waals surface area contributed by atoms with Gasteiger partial charge in [0.1, 0.15) is 18.2 Å². The second-order valence-electron chi connectivity index (χ2n) is 4.50. The molecular weight excluding hydrogens is 293 g/mol. The van der Waals surface area contributed by atoms with Gasteiger partial charge in [-0.05, 0) is 36.4 Å². The van der Waals surface area contributed by atoms with Gasteiger partial charge in [0.25, 0.3) is 0 Å². The Labute approximate surface area is 123 Å². The summed E-state index contributed by atoms with van der Waals surface area (Å²) in [5, 5.41) is 2.92. The predicted octanol–water partition coefficient (Wildman–Crippen LogP) is 2.72. The predicted molar refractivity (Wildman–Crippen MR) is 79.9 cm³/mol. The van der Waals surface area contributed by atoms with Crippen molar-refractivity contribution in [3.63, 3.8) is 0 Å². The molecule has 0 unspecified atom stereocenters. The van der Waals surface area contributed by atoms with E-state index in [1.54, 1.807) is 30.3 Å². The molecule has 2 aromatic rings. The zero-order valence-corrected chi connectivity index (χ0v) is 12.4. The summed E-state index contributed by atoms with van der Waals surface area (Å²) >= 11 is 0. The lowest BCUT2D eigenvalue weighted by atomic mass is 10.3. The van der Waals surface area contributed by atoms with Crippen molar-refractivity contribution in [2.45, 2.75) is 4.90 Å². The Bertz CT molecular complexity index is 699. The van der Waals surface area contributed by atoms with Crippen molar-refractivity contribution in [2.75, 3.05) is 24.7 Å². The van der Waals surface area contributed by atoms with E-state index < -0.39 is 9.84 Å². The molecule has 6 heteroatoms. The van der Waals surface area contributed by atoms with Gasteiger partial charge in [-0.3, -0.25) is 0 Å². The molecule has 2 rings (SSSR count). The standard InChI is InChI=1S/C15H16FNO3S/c1-21(18,19)13-8-6-12(7-9-13)20-11-10-17-15-5-3-2-4-14(15)16/h2-9,17H,10-11H2,1H3. The smallest absolute Gasteiger partial charge is 0.175 e. The highest BCUT2D eigenvalue weighted by Crippen LogP contribution is 2.16. The maximum Gasteiger partial charge on any atom is 0.175 e. The van der Waals surface area contributed by atoms with E-state index in [1.165, 1.54) is 18.2 Å². The number of hydrogen-bond acceptors (Lipinski definition) is 4.